The molecule has 0 saturated carbocycles. The maximum absolute atomic E-state index is 12.5. The van der Waals surface area contributed by atoms with Crippen molar-refractivity contribution in [3.8, 4) is 17.2 Å². The molecule has 0 unspecified atom stereocenters. The fourth-order valence-electron chi connectivity index (χ4n) is 2.32. The Morgan fingerprint density at radius 2 is 1.85 bits per heavy atom. The van der Waals surface area contributed by atoms with Crippen LogP contribution in [-0.4, -0.2) is 26.7 Å². The van der Waals surface area contributed by atoms with Gasteiger partial charge < -0.3 is 19.5 Å². The van der Waals surface area contributed by atoms with Gasteiger partial charge >= 0.3 is 6.61 Å². The Bertz CT molecular complexity index is 771. The van der Waals surface area contributed by atoms with Gasteiger partial charge in [-0.1, -0.05) is 22.0 Å². The first-order chi connectivity index (χ1) is 12.4. The van der Waals surface area contributed by atoms with Crippen LogP contribution in [0.4, 0.5) is 8.78 Å². The molecule has 140 valence electrons. The van der Waals surface area contributed by atoms with Crippen molar-refractivity contribution in [3.63, 3.8) is 0 Å². The summed E-state index contributed by atoms with van der Waals surface area (Å²) in [4.78, 5) is 12.2. The molecule has 0 aliphatic rings. The number of carbonyl (C=O) groups excluding carboxylic acids is 1. The second-order valence-electron chi connectivity index (χ2n) is 5.26. The van der Waals surface area contributed by atoms with Crippen LogP contribution in [0.3, 0.4) is 0 Å². The molecule has 0 spiro atoms. The number of benzene rings is 2. The van der Waals surface area contributed by atoms with E-state index >= 15 is 0 Å². The summed E-state index contributed by atoms with van der Waals surface area (Å²) in [5, 5.41) is 2.70. The SMILES string of the molecule is COc1ccc(CC(=O)NCc2cc(Br)ccc2OC(F)F)c(OC)c1. The van der Waals surface area contributed by atoms with Crippen molar-refractivity contribution in [1.29, 1.82) is 0 Å². The molecule has 2 aromatic rings. The number of amides is 1. The summed E-state index contributed by atoms with van der Waals surface area (Å²) < 4.78 is 40.5. The smallest absolute Gasteiger partial charge is 0.387 e. The average molecular weight is 430 g/mol. The van der Waals surface area contributed by atoms with Crippen LogP contribution in [0, 0.1) is 0 Å². The predicted octanol–water partition coefficient (Wildman–Crippen LogP) is 3.93. The van der Waals surface area contributed by atoms with E-state index in [1.54, 1.807) is 30.3 Å². The first-order valence-corrected chi connectivity index (χ1v) is 8.43. The van der Waals surface area contributed by atoms with Gasteiger partial charge in [0.2, 0.25) is 5.91 Å². The molecular formula is C18H18BrF2NO4. The molecule has 0 saturated heterocycles. The summed E-state index contributed by atoms with van der Waals surface area (Å²) in [6.45, 7) is -2.88. The Morgan fingerprint density at radius 3 is 2.50 bits per heavy atom. The third-order valence-electron chi connectivity index (χ3n) is 3.56. The number of alkyl halides is 2. The Hall–Kier alpha value is -2.35. The van der Waals surface area contributed by atoms with Gasteiger partial charge in [-0.15, -0.1) is 0 Å². The summed E-state index contributed by atoms with van der Waals surface area (Å²) in [6.07, 6.45) is 0.0756. The van der Waals surface area contributed by atoms with Crippen molar-refractivity contribution in [1.82, 2.24) is 5.32 Å². The lowest BCUT2D eigenvalue weighted by molar-refractivity contribution is -0.120. The topological polar surface area (TPSA) is 56.8 Å². The van der Waals surface area contributed by atoms with Crippen LogP contribution in [0.15, 0.2) is 40.9 Å². The zero-order valence-corrected chi connectivity index (χ0v) is 15.8. The molecule has 2 rings (SSSR count). The van der Waals surface area contributed by atoms with Crippen LogP contribution >= 0.6 is 15.9 Å². The highest BCUT2D eigenvalue weighted by molar-refractivity contribution is 9.10. The highest BCUT2D eigenvalue weighted by Gasteiger charge is 2.13. The molecule has 0 aromatic heterocycles. The fourth-order valence-corrected chi connectivity index (χ4v) is 2.73. The summed E-state index contributed by atoms with van der Waals surface area (Å²) in [6, 6.07) is 9.78. The zero-order chi connectivity index (χ0) is 19.1. The molecule has 0 aliphatic carbocycles. The van der Waals surface area contributed by atoms with E-state index in [0.29, 0.717) is 27.1 Å². The minimum Gasteiger partial charge on any atom is -0.497 e. The van der Waals surface area contributed by atoms with E-state index < -0.39 is 6.61 Å². The van der Waals surface area contributed by atoms with Crippen molar-refractivity contribution in [3.05, 3.63) is 52.0 Å². The minimum atomic E-state index is -2.94. The molecule has 0 bridgehead atoms. The van der Waals surface area contributed by atoms with Crippen molar-refractivity contribution < 1.29 is 27.8 Å². The van der Waals surface area contributed by atoms with Crippen molar-refractivity contribution in [2.75, 3.05) is 14.2 Å². The van der Waals surface area contributed by atoms with Crippen LogP contribution in [0.2, 0.25) is 0 Å². The molecule has 0 fully saturated rings. The fraction of sp³-hybridized carbons (Fsp3) is 0.278. The molecule has 0 atom stereocenters. The number of hydrogen-bond acceptors (Lipinski definition) is 4. The molecule has 0 aliphatic heterocycles. The number of halogens is 3. The second-order valence-corrected chi connectivity index (χ2v) is 6.18. The lowest BCUT2D eigenvalue weighted by Crippen LogP contribution is -2.25. The molecular weight excluding hydrogens is 412 g/mol. The lowest BCUT2D eigenvalue weighted by atomic mass is 10.1. The van der Waals surface area contributed by atoms with Crippen LogP contribution < -0.4 is 19.5 Å². The highest BCUT2D eigenvalue weighted by Crippen LogP contribution is 2.26. The maximum Gasteiger partial charge on any atom is 0.387 e. The van der Waals surface area contributed by atoms with Gasteiger partial charge in [-0.05, 0) is 24.3 Å². The zero-order valence-electron chi connectivity index (χ0n) is 14.2. The lowest BCUT2D eigenvalue weighted by Gasteiger charge is -2.13. The molecule has 2 aromatic carbocycles. The normalized spacial score (nSPS) is 10.5. The van der Waals surface area contributed by atoms with Crippen LogP contribution in [0.5, 0.6) is 17.2 Å². The summed E-state index contributed by atoms with van der Waals surface area (Å²) in [5.74, 6) is 0.888. The maximum atomic E-state index is 12.5. The second kappa shape index (κ2) is 9.38. The largest absolute Gasteiger partial charge is 0.497 e. The van der Waals surface area contributed by atoms with Crippen LogP contribution in [0.1, 0.15) is 11.1 Å². The quantitative estimate of drug-likeness (QED) is 0.690. The van der Waals surface area contributed by atoms with Crippen LogP contribution in [0.25, 0.3) is 0 Å². The Labute approximate surface area is 158 Å². The molecule has 8 heteroatoms. The van der Waals surface area contributed by atoms with E-state index in [-0.39, 0.29) is 24.6 Å². The van der Waals surface area contributed by atoms with Crippen molar-refractivity contribution in [2.24, 2.45) is 0 Å². The van der Waals surface area contributed by atoms with E-state index in [9.17, 15) is 13.6 Å². The number of hydrogen-bond donors (Lipinski definition) is 1. The Morgan fingerprint density at radius 1 is 1.08 bits per heavy atom. The van der Waals surface area contributed by atoms with Gasteiger partial charge in [0.1, 0.15) is 17.2 Å². The standard InChI is InChI=1S/C18H18BrF2NO4/c1-24-14-5-3-11(16(9-14)25-2)8-17(23)22-10-12-7-13(19)4-6-15(12)26-18(20)21/h3-7,9,18H,8,10H2,1-2H3,(H,22,23). The average Bonchev–Trinajstić information content (AvgIpc) is 2.61. The van der Waals surface area contributed by atoms with E-state index in [4.69, 9.17) is 9.47 Å². The third-order valence-corrected chi connectivity index (χ3v) is 4.05. The summed E-state index contributed by atoms with van der Waals surface area (Å²) in [5.41, 5.74) is 1.12. The molecule has 5 nitrogen and oxygen atoms in total. The van der Waals surface area contributed by atoms with Gasteiger partial charge in [-0.2, -0.15) is 8.78 Å². The minimum absolute atomic E-state index is 0.0190. The summed E-state index contributed by atoms with van der Waals surface area (Å²) >= 11 is 3.27. The van der Waals surface area contributed by atoms with Gasteiger partial charge in [-0.25, -0.2) is 0 Å². The van der Waals surface area contributed by atoms with Gasteiger partial charge in [0.05, 0.1) is 20.6 Å². The number of rotatable bonds is 8. The Balaban J connectivity index is 2.04. The third kappa shape index (κ3) is 5.59. The number of nitrogens with one attached hydrogen (secondary N) is 1. The van der Waals surface area contributed by atoms with Gasteiger partial charge in [-0.3, -0.25) is 4.79 Å². The van der Waals surface area contributed by atoms with E-state index in [1.165, 1.54) is 20.3 Å². The Kier molecular flexibility index (Phi) is 7.20. The molecule has 26 heavy (non-hydrogen) atoms. The summed E-state index contributed by atoms with van der Waals surface area (Å²) in [7, 11) is 3.05. The van der Waals surface area contributed by atoms with Gasteiger partial charge in [0.15, 0.2) is 0 Å². The number of carbonyl (C=O) groups is 1. The van der Waals surface area contributed by atoms with Crippen molar-refractivity contribution in [2.45, 2.75) is 19.6 Å². The van der Waals surface area contributed by atoms with E-state index in [0.717, 1.165) is 0 Å². The molecule has 0 heterocycles. The van der Waals surface area contributed by atoms with Crippen molar-refractivity contribution >= 4 is 21.8 Å². The van der Waals surface area contributed by atoms with Gasteiger partial charge in [0.25, 0.3) is 0 Å². The molecule has 1 amide bonds. The molecule has 0 radical (unpaired) electrons. The van der Waals surface area contributed by atoms with E-state index in [2.05, 4.69) is 26.0 Å². The first-order valence-electron chi connectivity index (χ1n) is 7.63. The highest BCUT2D eigenvalue weighted by atomic mass is 79.9. The van der Waals surface area contributed by atoms with Crippen LogP contribution in [-0.2, 0) is 17.8 Å². The first kappa shape index (κ1) is 20.0. The van der Waals surface area contributed by atoms with Gasteiger partial charge in [0, 0.05) is 28.2 Å². The monoisotopic (exact) mass is 429 g/mol. The predicted molar refractivity (Wildman–Crippen MR) is 95.9 cm³/mol. The van der Waals surface area contributed by atoms with E-state index in [1.807, 2.05) is 0 Å². The number of methoxy groups -OCH3 is 2. The molecule has 1 N–H and O–H groups in total. The number of ether oxygens (including phenoxy) is 3.